The largest absolute Gasteiger partial charge is 0.394 e. The van der Waals surface area contributed by atoms with E-state index in [-0.39, 0.29) is 18.6 Å². The monoisotopic (exact) mass is 198 g/mol. The van der Waals surface area contributed by atoms with Crippen molar-refractivity contribution in [3.63, 3.8) is 0 Å². The minimum absolute atomic E-state index is 0.00308. The summed E-state index contributed by atoms with van der Waals surface area (Å²) in [4.78, 5) is 11.6. The molecule has 0 unspecified atom stereocenters. The maximum absolute atomic E-state index is 11.6. The van der Waals surface area contributed by atoms with E-state index in [1.54, 1.807) is 0 Å². The zero-order chi connectivity index (χ0) is 10.6. The summed E-state index contributed by atoms with van der Waals surface area (Å²) in [5.41, 5.74) is 1.95. The van der Waals surface area contributed by atoms with Crippen LogP contribution in [0, 0.1) is 0 Å². The van der Waals surface area contributed by atoms with Gasteiger partial charge in [0, 0.05) is 18.7 Å². The van der Waals surface area contributed by atoms with Crippen LogP contribution in [0.25, 0.3) is 0 Å². The average Bonchev–Trinajstić information content (AvgIpc) is 2.10. The Hall–Kier alpha value is -0.870. The molecule has 1 saturated heterocycles. The van der Waals surface area contributed by atoms with E-state index in [4.69, 9.17) is 5.11 Å². The second-order valence-corrected chi connectivity index (χ2v) is 3.59. The summed E-state index contributed by atoms with van der Waals surface area (Å²) >= 11 is 0. The first kappa shape index (κ1) is 11.2. The Balaban J connectivity index is 2.48. The lowest BCUT2D eigenvalue weighted by atomic mass is 10.0. The lowest BCUT2D eigenvalue weighted by Crippen LogP contribution is -2.41. The third-order valence-corrected chi connectivity index (χ3v) is 2.60. The van der Waals surface area contributed by atoms with Crippen LogP contribution in [0.15, 0.2) is 11.1 Å². The maximum atomic E-state index is 11.6. The topological polar surface area (TPSA) is 61.4 Å². The molecular formula is C10H18N2O2. The van der Waals surface area contributed by atoms with Gasteiger partial charge in [-0.1, -0.05) is 6.92 Å². The Bertz CT molecular complexity index is 239. The Kier molecular flexibility index (Phi) is 4.10. The highest BCUT2D eigenvalue weighted by molar-refractivity contribution is 5.94. The number of nitrogens with one attached hydrogen (secondary N) is 2. The van der Waals surface area contributed by atoms with Crippen LogP contribution in [0.5, 0.6) is 0 Å². The molecule has 4 heteroatoms. The molecule has 1 amide bonds. The van der Waals surface area contributed by atoms with Gasteiger partial charge in [-0.05, 0) is 18.9 Å². The lowest BCUT2D eigenvalue weighted by molar-refractivity contribution is -0.118. The van der Waals surface area contributed by atoms with Gasteiger partial charge < -0.3 is 15.7 Å². The summed E-state index contributed by atoms with van der Waals surface area (Å²) < 4.78 is 0. The number of carbonyl (C=O) groups is 1. The fraction of sp³-hybridized carbons (Fsp3) is 0.700. The zero-order valence-electron chi connectivity index (χ0n) is 8.76. The predicted molar refractivity (Wildman–Crippen MR) is 54.9 cm³/mol. The first-order chi connectivity index (χ1) is 6.69. The van der Waals surface area contributed by atoms with Gasteiger partial charge in [0.25, 0.3) is 0 Å². The van der Waals surface area contributed by atoms with Gasteiger partial charge in [-0.25, -0.2) is 0 Å². The number of aliphatic hydroxyl groups is 1. The van der Waals surface area contributed by atoms with E-state index in [1.165, 1.54) is 0 Å². The van der Waals surface area contributed by atoms with Crippen molar-refractivity contribution in [3.05, 3.63) is 11.1 Å². The molecule has 0 spiro atoms. The number of rotatable bonds is 4. The summed E-state index contributed by atoms with van der Waals surface area (Å²) in [5, 5.41) is 14.8. The smallest absolute Gasteiger partial charge is 0.247 e. The molecule has 80 valence electrons. The van der Waals surface area contributed by atoms with Crippen molar-refractivity contribution in [2.75, 3.05) is 19.7 Å². The fourth-order valence-corrected chi connectivity index (χ4v) is 1.25. The van der Waals surface area contributed by atoms with Crippen LogP contribution in [-0.4, -0.2) is 36.8 Å². The molecule has 0 aromatic rings. The van der Waals surface area contributed by atoms with Gasteiger partial charge in [-0.3, -0.25) is 4.79 Å². The average molecular weight is 198 g/mol. The molecule has 1 rings (SSSR count). The van der Waals surface area contributed by atoms with Gasteiger partial charge in [0.1, 0.15) is 0 Å². The van der Waals surface area contributed by atoms with Gasteiger partial charge in [-0.15, -0.1) is 0 Å². The number of amides is 1. The number of carbonyl (C=O) groups excluding carboxylic acids is 1. The molecule has 1 fully saturated rings. The van der Waals surface area contributed by atoms with Crippen LogP contribution in [-0.2, 0) is 4.79 Å². The summed E-state index contributed by atoms with van der Waals surface area (Å²) in [6, 6.07) is -0.119. The van der Waals surface area contributed by atoms with Crippen LogP contribution < -0.4 is 10.6 Å². The van der Waals surface area contributed by atoms with Gasteiger partial charge >= 0.3 is 0 Å². The van der Waals surface area contributed by atoms with E-state index in [0.717, 1.165) is 30.7 Å². The van der Waals surface area contributed by atoms with Crippen molar-refractivity contribution >= 4 is 5.91 Å². The molecular weight excluding hydrogens is 180 g/mol. The molecule has 1 heterocycles. The molecule has 0 radical (unpaired) electrons. The van der Waals surface area contributed by atoms with Crippen LogP contribution in [0.1, 0.15) is 20.3 Å². The number of aliphatic hydroxyl groups excluding tert-OH is 1. The standard InChI is InChI=1S/C10H18N2O2/c1-3-9(6-13)12-10(14)7(2)8-4-11-5-8/h9,11,13H,3-6H2,1-2H3,(H,12,14)/t9-/m1/s1. The van der Waals surface area contributed by atoms with E-state index in [2.05, 4.69) is 10.6 Å². The van der Waals surface area contributed by atoms with Crippen molar-refractivity contribution in [1.29, 1.82) is 0 Å². The van der Waals surface area contributed by atoms with E-state index in [9.17, 15) is 4.79 Å². The summed E-state index contributed by atoms with van der Waals surface area (Å²) in [6.45, 7) is 5.40. The Morgan fingerprint density at radius 3 is 2.64 bits per heavy atom. The highest BCUT2D eigenvalue weighted by Gasteiger charge is 2.17. The van der Waals surface area contributed by atoms with Crippen molar-refractivity contribution < 1.29 is 9.90 Å². The van der Waals surface area contributed by atoms with Crippen molar-refractivity contribution in [2.24, 2.45) is 0 Å². The molecule has 0 bridgehead atoms. The van der Waals surface area contributed by atoms with Crippen LogP contribution in [0.3, 0.4) is 0 Å². The molecule has 1 aliphatic heterocycles. The normalized spacial score (nSPS) is 17.2. The van der Waals surface area contributed by atoms with Gasteiger partial charge in [0.2, 0.25) is 5.91 Å². The van der Waals surface area contributed by atoms with Crippen LogP contribution in [0.4, 0.5) is 0 Å². The third kappa shape index (κ3) is 2.56. The Morgan fingerprint density at radius 1 is 1.64 bits per heavy atom. The number of hydrogen-bond donors (Lipinski definition) is 3. The fourth-order valence-electron chi connectivity index (χ4n) is 1.25. The minimum atomic E-state index is -0.119. The minimum Gasteiger partial charge on any atom is -0.394 e. The highest BCUT2D eigenvalue weighted by Crippen LogP contribution is 2.08. The second kappa shape index (κ2) is 5.12. The highest BCUT2D eigenvalue weighted by atomic mass is 16.3. The molecule has 14 heavy (non-hydrogen) atoms. The van der Waals surface area contributed by atoms with Crippen molar-refractivity contribution in [3.8, 4) is 0 Å². The van der Waals surface area contributed by atoms with E-state index >= 15 is 0 Å². The molecule has 1 atom stereocenters. The molecule has 3 N–H and O–H groups in total. The Labute approximate surface area is 84.4 Å². The Morgan fingerprint density at radius 2 is 2.29 bits per heavy atom. The zero-order valence-corrected chi connectivity index (χ0v) is 8.76. The van der Waals surface area contributed by atoms with Gasteiger partial charge in [0.05, 0.1) is 12.6 Å². The van der Waals surface area contributed by atoms with Crippen molar-refractivity contribution in [1.82, 2.24) is 10.6 Å². The third-order valence-electron chi connectivity index (χ3n) is 2.60. The molecule has 0 saturated carbocycles. The molecule has 4 nitrogen and oxygen atoms in total. The number of hydrogen-bond acceptors (Lipinski definition) is 3. The van der Waals surface area contributed by atoms with E-state index < -0.39 is 0 Å². The summed E-state index contributed by atoms with van der Waals surface area (Å²) in [7, 11) is 0. The second-order valence-electron chi connectivity index (χ2n) is 3.59. The van der Waals surface area contributed by atoms with Crippen LogP contribution >= 0.6 is 0 Å². The first-order valence-corrected chi connectivity index (χ1v) is 5.00. The SMILES string of the molecule is CC[C@H](CO)NC(=O)C(C)=C1CNC1. The van der Waals surface area contributed by atoms with E-state index in [1.807, 2.05) is 13.8 Å². The lowest BCUT2D eigenvalue weighted by Gasteiger charge is -2.22. The molecule has 1 aliphatic rings. The summed E-state index contributed by atoms with van der Waals surface area (Å²) in [5.74, 6) is -0.0533. The first-order valence-electron chi connectivity index (χ1n) is 5.00. The van der Waals surface area contributed by atoms with Gasteiger partial charge in [-0.2, -0.15) is 0 Å². The van der Waals surface area contributed by atoms with Gasteiger partial charge in [0.15, 0.2) is 0 Å². The quantitative estimate of drug-likeness (QED) is 0.548. The maximum Gasteiger partial charge on any atom is 0.247 e. The summed E-state index contributed by atoms with van der Waals surface area (Å²) in [6.07, 6.45) is 0.753. The predicted octanol–water partition coefficient (Wildman–Crippen LogP) is -0.207. The molecule has 0 aromatic heterocycles. The van der Waals surface area contributed by atoms with E-state index in [0.29, 0.717) is 0 Å². The van der Waals surface area contributed by atoms with Crippen molar-refractivity contribution in [2.45, 2.75) is 26.3 Å². The molecule has 0 aliphatic carbocycles. The van der Waals surface area contributed by atoms with Crippen LogP contribution in [0.2, 0.25) is 0 Å². The molecule has 0 aromatic carbocycles.